The summed E-state index contributed by atoms with van der Waals surface area (Å²) in [7, 11) is 0. The molecule has 2 aromatic carbocycles. The lowest BCUT2D eigenvalue weighted by Gasteiger charge is -2.12. The third-order valence-corrected chi connectivity index (χ3v) is 4.41. The zero-order valence-corrected chi connectivity index (χ0v) is 15.7. The monoisotopic (exact) mass is 364 g/mol. The maximum atomic E-state index is 12.5. The number of aryl methyl sites for hydroxylation is 1. The number of aromatic amines is 1. The summed E-state index contributed by atoms with van der Waals surface area (Å²) in [4.78, 5) is 27.8. The number of fused-ring (bicyclic) bond motifs is 1. The van der Waals surface area contributed by atoms with Crippen LogP contribution >= 0.6 is 0 Å². The number of amides is 1. The lowest BCUT2D eigenvalue weighted by molar-refractivity contribution is 0.0953. The van der Waals surface area contributed by atoms with E-state index in [2.05, 4.69) is 10.3 Å². The van der Waals surface area contributed by atoms with E-state index in [0.717, 1.165) is 22.9 Å². The summed E-state index contributed by atoms with van der Waals surface area (Å²) in [6.45, 7) is 5.01. The predicted octanol–water partition coefficient (Wildman–Crippen LogP) is 3.60. The molecule has 0 unspecified atom stereocenters. The Bertz CT molecular complexity index is 994. The standard InChI is InChI=1S/C22H24N2O3/c1-3-13-27-20-15(2)9-10-17-14-18(22(26)24-19(17)20)21(25)23-12-11-16-7-5-4-6-8-16/h4-10,14H,3,11-13H2,1-2H3,(H,23,25)(H,24,26). The third-order valence-electron chi connectivity index (χ3n) is 4.41. The Balaban J connectivity index is 1.80. The van der Waals surface area contributed by atoms with Gasteiger partial charge in [0.2, 0.25) is 0 Å². The second kappa shape index (κ2) is 8.54. The minimum atomic E-state index is -0.411. The van der Waals surface area contributed by atoms with E-state index in [0.29, 0.717) is 30.8 Å². The van der Waals surface area contributed by atoms with Crippen molar-refractivity contribution in [2.75, 3.05) is 13.2 Å². The van der Waals surface area contributed by atoms with E-state index in [1.54, 1.807) is 6.07 Å². The van der Waals surface area contributed by atoms with Crippen LogP contribution in [0.3, 0.4) is 0 Å². The first-order chi connectivity index (χ1) is 13.1. The molecule has 0 fully saturated rings. The van der Waals surface area contributed by atoms with Gasteiger partial charge in [-0.1, -0.05) is 49.4 Å². The highest BCUT2D eigenvalue weighted by atomic mass is 16.5. The van der Waals surface area contributed by atoms with E-state index in [9.17, 15) is 9.59 Å². The number of carbonyl (C=O) groups excluding carboxylic acids is 1. The molecular weight excluding hydrogens is 340 g/mol. The van der Waals surface area contributed by atoms with Crippen molar-refractivity contribution >= 4 is 16.8 Å². The second-order valence-corrected chi connectivity index (χ2v) is 6.53. The molecule has 0 saturated carbocycles. The van der Waals surface area contributed by atoms with Crippen LogP contribution in [0.4, 0.5) is 0 Å². The molecule has 3 aromatic rings. The minimum absolute atomic E-state index is 0.112. The lowest BCUT2D eigenvalue weighted by Crippen LogP contribution is -2.31. The first-order valence-corrected chi connectivity index (χ1v) is 9.21. The number of nitrogens with one attached hydrogen (secondary N) is 2. The Labute approximate surface area is 158 Å². The predicted molar refractivity (Wildman–Crippen MR) is 108 cm³/mol. The maximum Gasteiger partial charge on any atom is 0.261 e. The largest absolute Gasteiger partial charge is 0.491 e. The summed E-state index contributed by atoms with van der Waals surface area (Å²) in [5.41, 5.74) is 2.42. The van der Waals surface area contributed by atoms with Crippen molar-refractivity contribution in [2.24, 2.45) is 0 Å². The van der Waals surface area contributed by atoms with Crippen molar-refractivity contribution in [3.63, 3.8) is 0 Å². The Morgan fingerprint density at radius 1 is 1.15 bits per heavy atom. The molecule has 2 N–H and O–H groups in total. The Hall–Kier alpha value is -3.08. The van der Waals surface area contributed by atoms with E-state index in [-0.39, 0.29) is 11.5 Å². The van der Waals surface area contributed by atoms with Crippen LogP contribution in [0.2, 0.25) is 0 Å². The molecule has 0 spiro atoms. The van der Waals surface area contributed by atoms with Gasteiger partial charge in [-0.2, -0.15) is 0 Å². The number of benzene rings is 2. The van der Waals surface area contributed by atoms with Crippen LogP contribution in [0, 0.1) is 6.92 Å². The number of H-pyrrole nitrogens is 1. The van der Waals surface area contributed by atoms with Gasteiger partial charge < -0.3 is 15.0 Å². The molecule has 140 valence electrons. The highest BCUT2D eigenvalue weighted by Gasteiger charge is 2.14. The van der Waals surface area contributed by atoms with Gasteiger partial charge >= 0.3 is 0 Å². The molecule has 5 heteroatoms. The van der Waals surface area contributed by atoms with Gasteiger partial charge in [-0.05, 0) is 37.0 Å². The van der Waals surface area contributed by atoms with Crippen LogP contribution in [0.15, 0.2) is 53.3 Å². The smallest absolute Gasteiger partial charge is 0.261 e. The number of aromatic nitrogens is 1. The molecule has 1 heterocycles. The van der Waals surface area contributed by atoms with Crippen LogP contribution in [0.1, 0.15) is 34.8 Å². The van der Waals surface area contributed by atoms with Gasteiger partial charge in [-0.15, -0.1) is 0 Å². The number of hydrogen-bond acceptors (Lipinski definition) is 3. The number of pyridine rings is 1. The summed E-state index contributed by atoms with van der Waals surface area (Å²) in [5, 5.41) is 3.60. The Kier molecular flexibility index (Phi) is 5.91. The summed E-state index contributed by atoms with van der Waals surface area (Å²) in [5.74, 6) is 0.299. The van der Waals surface area contributed by atoms with Crippen molar-refractivity contribution in [3.05, 3.63) is 75.6 Å². The normalized spacial score (nSPS) is 10.7. The van der Waals surface area contributed by atoms with E-state index < -0.39 is 5.56 Å². The van der Waals surface area contributed by atoms with Crippen molar-refractivity contribution in [1.82, 2.24) is 10.3 Å². The lowest BCUT2D eigenvalue weighted by atomic mass is 10.1. The van der Waals surface area contributed by atoms with Crippen LogP contribution < -0.4 is 15.6 Å². The van der Waals surface area contributed by atoms with Crippen LogP contribution in [-0.4, -0.2) is 24.0 Å². The molecule has 0 radical (unpaired) electrons. The topological polar surface area (TPSA) is 71.2 Å². The average molecular weight is 364 g/mol. The first-order valence-electron chi connectivity index (χ1n) is 9.21. The highest BCUT2D eigenvalue weighted by molar-refractivity contribution is 5.98. The molecule has 5 nitrogen and oxygen atoms in total. The van der Waals surface area contributed by atoms with Crippen molar-refractivity contribution in [3.8, 4) is 5.75 Å². The van der Waals surface area contributed by atoms with Crippen molar-refractivity contribution < 1.29 is 9.53 Å². The quantitative estimate of drug-likeness (QED) is 0.673. The Morgan fingerprint density at radius 2 is 1.93 bits per heavy atom. The number of carbonyl (C=O) groups is 1. The molecule has 3 rings (SSSR count). The summed E-state index contributed by atoms with van der Waals surface area (Å²) in [6.07, 6.45) is 1.59. The Morgan fingerprint density at radius 3 is 2.67 bits per heavy atom. The van der Waals surface area contributed by atoms with Gasteiger partial charge in [-0.25, -0.2) is 0 Å². The van der Waals surface area contributed by atoms with E-state index >= 15 is 0 Å². The maximum absolute atomic E-state index is 12.5. The zero-order chi connectivity index (χ0) is 19.2. The minimum Gasteiger partial charge on any atom is -0.491 e. The molecule has 0 aliphatic carbocycles. The van der Waals surface area contributed by atoms with Gasteiger partial charge in [0.25, 0.3) is 11.5 Å². The molecule has 0 aliphatic heterocycles. The molecule has 1 amide bonds. The van der Waals surface area contributed by atoms with Gasteiger partial charge in [-0.3, -0.25) is 9.59 Å². The van der Waals surface area contributed by atoms with Crippen molar-refractivity contribution in [2.45, 2.75) is 26.7 Å². The SMILES string of the molecule is CCCOc1c(C)ccc2cc(C(=O)NCCc3ccccc3)c(=O)[nH]c12. The number of ether oxygens (including phenoxy) is 1. The summed E-state index contributed by atoms with van der Waals surface area (Å²) < 4.78 is 5.80. The molecular formula is C22H24N2O3. The van der Waals surface area contributed by atoms with E-state index in [1.165, 1.54) is 0 Å². The summed E-state index contributed by atoms with van der Waals surface area (Å²) >= 11 is 0. The molecule has 1 aromatic heterocycles. The van der Waals surface area contributed by atoms with E-state index in [4.69, 9.17) is 4.74 Å². The second-order valence-electron chi connectivity index (χ2n) is 6.53. The van der Waals surface area contributed by atoms with Crippen LogP contribution in [0.5, 0.6) is 5.75 Å². The molecule has 0 atom stereocenters. The molecule has 0 bridgehead atoms. The number of rotatable bonds is 7. The fourth-order valence-corrected chi connectivity index (χ4v) is 2.97. The fourth-order valence-electron chi connectivity index (χ4n) is 2.97. The van der Waals surface area contributed by atoms with Crippen LogP contribution in [0.25, 0.3) is 10.9 Å². The summed E-state index contributed by atoms with van der Waals surface area (Å²) in [6, 6.07) is 15.4. The average Bonchev–Trinajstić information content (AvgIpc) is 2.67. The third kappa shape index (κ3) is 4.37. The van der Waals surface area contributed by atoms with E-state index in [1.807, 2.05) is 56.3 Å². The van der Waals surface area contributed by atoms with Gasteiger partial charge in [0.05, 0.1) is 12.1 Å². The zero-order valence-electron chi connectivity index (χ0n) is 15.7. The van der Waals surface area contributed by atoms with Crippen LogP contribution in [-0.2, 0) is 6.42 Å². The van der Waals surface area contributed by atoms with Gasteiger partial charge in [0.1, 0.15) is 11.3 Å². The highest BCUT2D eigenvalue weighted by Crippen LogP contribution is 2.27. The van der Waals surface area contributed by atoms with Gasteiger partial charge in [0, 0.05) is 11.9 Å². The fraction of sp³-hybridized carbons (Fsp3) is 0.273. The van der Waals surface area contributed by atoms with Gasteiger partial charge in [0.15, 0.2) is 0 Å². The molecule has 0 aliphatic rings. The van der Waals surface area contributed by atoms with Crippen molar-refractivity contribution in [1.29, 1.82) is 0 Å². The number of hydrogen-bond donors (Lipinski definition) is 2. The first kappa shape index (κ1) is 18.7. The molecule has 0 saturated heterocycles. The molecule has 27 heavy (non-hydrogen) atoms.